The Morgan fingerprint density at radius 2 is 1.88 bits per heavy atom. The molecule has 0 unspecified atom stereocenters. The van der Waals surface area contributed by atoms with Gasteiger partial charge in [-0.25, -0.2) is 4.98 Å². The van der Waals surface area contributed by atoms with Crippen molar-refractivity contribution in [2.75, 3.05) is 0 Å². The van der Waals surface area contributed by atoms with Crippen LogP contribution in [0.2, 0.25) is 10.0 Å². The van der Waals surface area contributed by atoms with Crippen LogP contribution < -0.4 is 0 Å². The van der Waals surface area contributed by atoms with E-state index in [1.165, 1.54) is 0 Å². The smallest absolute Gasteiger partial charge is 0.107 e. The van der Waals surface area contributed by atoms with Crippen LogP contribution >= 0.6 is 23.2 Å². The lowest BCUT2D eigenvalue weighted by Crippen LogP contribution is -2.02. The van der Waals surface area contributed by atoms with E-state index in [9.17, 15) is 0 Å². The number of aryl methyl sites for hydroxylation is 1. The molecule has 5 heteroatoms. The van der Waals surface area contributed by atoms with Crippen molar-refractivity contribution in [3.8, 4) is 11.1 Å². The predicted octanol–water partition coefficient (Wildman–Crippen LogP) is 5.76. The molecule has 124 valence electrons. The second kappa shape index (κ2) is 6.51. The second-order valence-corrected chi connectivity index (χ2v) is 6.77. The molecule has 2 aromatic heterocycles. The molecule has 0 saturated carbocycles. The first-order valence-corrected chi connectivity index (χ1v) is 8.68. The van der Waals surface area contributed by atoms with Gasteiger partial charge in [0, 0.05) is 28.0 Å². The molecule has 0 amide bonds. The number of rotatable bonds is 3. The summed E-state index contributed by atoms with van der Waals surface area (Å²) in [5, 5.41) is 1.38. The van der Waals surface area contributed by atoms with Gasteiger partial charge < -0.3 is 4.57 Å². The Bertz CT molecular complexity index is 1060. The van der Waals surface area contributed by atoms with Crippen molar-refractivity contribution in [3.63, 3.8) is 0 Å². The Morgan fingerprint density at radius 3 is 2.68 bits per heavy atom. The van der Waals surface area contributed by atoms with Gasteiger partial charge >= 0.3 is 0 Å². The Kier molecular flexibility index (Phi) is 4.20. The fraction of sp³-hybridized carbons (Fsp3) is 0.100. The molecular weight excluding hydrogens is 353 g/mol. The third-order valence-electron chi connectivity index (χ3n) is 4.27. The molecule has 0 atom stereocenters. The highest BCUT2D eigenvalue weighted by atomic mass is 35.5. The number of halogens is 2. The molecule has 2 heterocycles. The fourth-order valence-electron chi connectivity index (χ4n) is 2.99. The molecule has 4 rings (SSSR count). The van der Waals surface area contributed by atoms with E-state index in [-0.39, 0.29) is 0 Å². The van der Waals surface area contributed by atoms with E-state index in [0.717, 1.165) is 33.5 Å². The zero-order valence-corrected chi connectivity index (χ0v) is 15.1. The average Bonchev–Trinajstić information content (AvgIpc) is 2.94. The van der Waals surface area contributed by atoms with Gasteiger partial charge in [0.1, 0.15) is 5.82 Å². The van der Waals surface area contributed by atoms with Crippen molar-refractivity contribution in [1.82, 2.24) is 14.5 Å². The Hall–Kier alpha value is -2.36. The number of imidazole rings is 1. The summed E-state index contributed by atoms with van der Waals surface area (Å²) in [7, 11) is 0. The van der Waals surface area contributed by atoms with E-state index in [4.69, 9.17) is 23.2 Å². The summed E-state index contributed by atoms with van der Waals surface area (Å²) in [5.74, 6) is 0.939. The molecular formula is C20H15Cl2N3. The minimum atomic E-state index is 0.623. The molecule has 0 bridgehead atoms. The second-order valence-electron chi connectivity index (χ2n) is 5.93. The molecule has 0 radical (unpaired) electrons. The number of hydrogen-bond donors (Lipinski definition) is 0. The maximum absolute atomic E-state index is 6.34. The predicted molar refractivity (Wildman–Crippen MR) is 103 cm³/mol. The molecule has 25 heavy (non-hydrogen) atoms. The Labute approximate surface area is 155 Å². The number of nitrogens with zero attached hydrogens (tertiary/aromatic N) is 3. The maximum atomic E-state index is 6.34. The highest BCUT2D eigenvalue weighted by molar-refractivity contribution is 6.33. The Morgan fingerprint density at radius 1 is 1.00 bits per heavy atom. The highest BCUT2D eigenvalue weighted by Crippen LogP contribution is 2.27. The van der Waals surface area contributed by atoms with E-state index in [1.807, 2.05) is 37.4 Å². The van der Waals surface area contributed by atoms with E-state index in [2.05, 4.69) is 32.7 Å². The maximum Gasteiger partial charge on any atom is 0.107 e. The van der Waals surface area contributed by atoms with Gasteiger partial charge in [-0.1, -0.05) is 35.3 Å². The van der Waals surface area contributed by atoms with E-state index >= 15 is 0 Å². The molecule has 0 fully saturated rings. The van der Waals surface area contributed by atoms with Crippen molar-refractivity contribution >= 4 is 34.2 Å². The molecule has 2 aromatic carbocycles. The number of fused-ring (bicyclic) bond motifs is 1. The third-order valence-corrected chi connectivity index (χ3v) is 4.87. The summed E-state index contributed by atoms with van der Waals surface area (Å²) >= 11 is 12.5. The van der Waals surface area contributed by atoms with Crippen LogP contribution in [0.1, 0.15) is 11.4 Å². The molecule has 0 aliphatic rings. The molecule has 0 spiro atoms. The molecule has 0 aliphatic carbocycles. The van der Waals surface area contributed by atoms with Crippen LogP contribution in [0.25, 0.3) is 22.2 Å². The van der Waals surface area contributed by atoms with Crippen LogP contribution in [0.4, 0.5) is 0 Å². The monoisotopic (exact) mass is 367 g/mol. The van der Waals surface area contributed by atoms with Crippen molar-refractivity contribution in [2.24, 2.45) is 0 Å². The zero-order valence-electron chi connectivity index (χ0n) is 13.6. The van der Waals surface area contributed by atoms with Gasteiger partial charge in [0.05, 0.1) is 17.6 Å². The van der Waals surface area contributed by atoms with Crippen molar-refractivity contribution in [1.29, 1.82) is 0 Å². The minimum absolute atomic E-state index is 0.623. The number of aromatic nitrogens is 3. The summed E-state index contributed by atoms with van der Waals surface area (Å²) in [6.45, 7) is 2.63. The molecule has 0 saturated heterocycles. The summed E-state index contributed by atoms with van der Waals surface area (Å²) in [5.41, 5.74) is 5.19. The van der Waals surface area contributed by atoms with Gasteiger partial charge in [-0.2, -0.15) is 0 Å². The SMILES string of the molecule is Cc1nc2ccc(-c3cccnc3)cc2n1Cc1cc(Cl)ccc1Cl. The van der Waals surface area contributed by atoms with Crippen LogP contribution in [0.15, 0.2) is 60.9 Å². The molecule has 0 aliphatic heterocycles. The number of pyridine rings is 1. The topological polar surface area (TPSA) is 30.7 Å². The summed E-state index contributed by atoms with van der Waals surface area (Å²) in [6, 6.07) is 15.8. The van der Waals surface area contributed by atoms with E-state index in [1.54, 1.807) is 12.3 Å². The van der Waals surface area contributed by atoms with E-state index in [0.29, 0.717) is 16.6 Å². The first-order valence-electron chi connectivity index (χ1n) is 7.93. The van der Waals surface area contributed by atoms with Crippen LogP contribution in [0.5, 0.6) is 0 Å². The summed E-state index contributed by atoms with van der Waals surface area (Å²) in [4.78, 5) is 8.87. The average molecular weight is 368 g/mol. The fourth-order valence-corrected chi connectivity index (χ4v) is 3.36. The van der Waals surface area contributed by atoms with Gasteiger partial charge in [0.2, 0.25) is 0 Å². The third kappa shape index (κ3) is 3.13. The normalized spacial score (nSPS) is 11.2. The summed E-state index contributed by atoms with van der Waals surface area (Å²) < 4.78 is 2.16. The minimum Gasteiger partial charge on any atom is -0.324 e. The van der Waals surface area contributed by atoms with Gasteiger partial charge in [-0.15, -0.1) is 0 Å². The lowest BCUT2D eigenvalue weighted by atomic mass is 10.1. The van der Waals surface area contributed by atoms with Crippen molar-refractivity contribution < 1.29 is 0 Å². The molecule has 4 aromatic rings. The van der Waals surface area contributed by atoms with Crippen LogP contribution in [-0.2, 0) is 6.54 Å². The molecule has 3 nitrogen and oxygen atoms in total. The Balaban J connectivity index is 1.83. The zero-order chi connectivity index (χ0) is 17.4. The van der Waals surface area contributed by atoms with Crippen molar-refractivity contribution in [2.45, 2.75) is 13.5 Å². The molecule has 0 N–H and O–H groups in total. The van der Waals surface area contributed by atoms with Gasteiger partial charge in [-0.3, -0.25) is 4.98 Å². The van der Waals surface area contributed by atoms with Gasteiger partial charge in [0.25, 0.3) is 0 Å². The first-order chi connectivity index (χ1) is 12.1. The van der Waals surface area contributed by atoms with Crippen LogP contribution in [0, 0.1) is 6.92 Å². The lowest BCUT2D eigenvalue weighted by molar-refractivity contribution is 0.786. The van der Waals surface area contributed by atoms with Gasteiger partial charge in [0.15, 0.2) is 0 Å². The number of benzene rings is 2. The number of hydrogen-bond acceptors (Lipinski definition) is 2. The standard InChI is InChI=1S/C20H15Cl2N3/c1-13-24-19-7-4-14(15-3-2-8-23-11-15)10-20(19)25(13)12-16-9-17(21)5-6-18(16)22/h2-11H,12H2,1H3. The van der Waals surface area contributed by atoms with E-state index < -0.39 is 0 Å². The van der Waals surface area contributed by atoms with Gasteiger partial charge in [-0.05, 0) is 54.4 Å². The van der Waals surface area contributed by atoms with Crippen molar-refractivity contribution in [3.05, 3.63) is 82.4 Å². The quantitative estimate of drug-likeness (QED) is 0.460. The highest BCUT2D eigenvalue weighted by Gasteiger charge is 2.11. The lowest BCUT2D eigenvalue weighted by Gasteiger charge is -2.10. The van der Waals surface area contributed by atoms with Crippen LogP contribution in [-0.4, -0.2) is 14.5 Å². The summed E-state index contributed by atoms with van der Waals surface area (Å²) in [6.07, 6.45) is 3.64. The largest absolute Gasteiger partial charge is 0.324 e. The first kappa shape index (κ1) is 16.1. The van der Waals surface area contributed by atoms with Crippen LogP contribution in [0.3, 0.4) is 0 Å².